The number of rotatable bonds is 7. The Labute approximate surface area is 99.6 Å². The number of hydrogen-bond donors (Lipinski definition) is 2. The predicted molar refractivity (Wildman–Crippen MR) is 68.2 cm³/mol. The molecule has 0 spiro atoms. The monoisotopic (exact) mass is 229 g/mol. The number of carbonyl (C=O) groups excluding carboxylic acids is 1. The Morgan fingerprint density at radius 3 is 2.38 bits per heavy atom. The first-order valence-corrected chi connectivity index (χ1v) is 6.13. The van der Waals surface area contributed by atoms with Crippen LogP contribution in [0, 0.1) is 5.92 Å². The first-order chi connectivity index (χ1) is 7.40. The molecular formula is C12H27N3O. The molecule has 0 unspecified atom stereocenters. The molecule has 0 aromatic heterocycles. The molecule has 2 atom stereocenters. The van der Waals surface area contributed by atoms with E-state index in [-0.39, 0.29) is 17.9 Å². The molecule has 0 aliphatic heterocycles. The molecule has 0 bridgehead atoms. The van der Waals surface area contributed by atoms with Gasteiger partial charge in [0.2, 0.25) is 5.91 Å². The van der Waals surface area contributed by atoms with E-state index in [1.807, 2.05) is 20.9 Å². The van der Waals surface area contributed by atoms with Gasteiger partial charge in [-0.1, -0.05) is 20.3 Å². The molecule has 96 valence electrons. The highest BCUT2D eigenvalue weighted by atomic mass is 16.2. The summed E-state index contributed by atoms with van der Waals surface area (Å²) in [4.78, 5) is 13.8. The molecule has 0 aromatic carbocycles. The van der Waals surface area contributed by atoms with Crippen molar-refractivity contribution in [3.05, 3.63) is 0 Å². The van der Waals surface area contributed by atoms with E-state index in [0.717, 1.165) is 13.0 Å². The third-order valence-electron chi connectivity index (χ3n) is 3.21. The van der Waals surface area contributed by atoms with Gasteiger partial charge in [-0.15, -0.1) is 0 Å². The highest BCUT2D eigenvalue weighted by Gasteiger charge is 2.18. The van der Waals surface area contributed by atoms with Gasteiger partial charge in [0.15, 0.2) is 0 Å². The minimum absolute atomic E-state index is 0.0356. The summed E-state index contributed by atoms with van der Waals surface area (Å²) >= 11 is 0. The average molecular weight is 229 g/mol. The second-order valence-corrected chi connectivity index (χ2v) is 4.78. The molecule has 16 heavy (non-hydrogen) atoms. The lowest BCUT2D eigenvalue weighted by molar-refractivity contribution is -0.123. The van der Waals surface area contributed by atoms with Gasteiger partial charge in [-0.05, 0) is 26.8 Å². The van der Waals surface area contributed by atoms with E-state index in [9.17, 15) is 4.79 Å². The van der Waals surface area contributed by atoms with Crippen molar-refractivity contribution in [1.82, 2.24) is 10.2 Å². The molecule has 4 heteroatoms. The van der Waals surface area contributed by atoms with Crippen LogP contribution in [0.4, 0.5) is 0 Å². The fourth-order valence-electron chi connectivity index (χ4n) is 1.24. The van der Waals surface area contributed by atoms with Gasteiger partial charge in [-0.3, -0.25) is 4.79 Å². The minimum Gasteiger partial charge on any atom is -0.353 e. The number of hydrogen-bond acceptors (Lipinski definition) is 3. The standard InChI is InChI=1S/C12H27N3O/c1-6-10(4)11(13)12(16)14-7-8-15(5)9(2)3/h9-11H,6-8,13H2,1-5H3,(H,14,16)/t10-,11-/m0/s1. The number of nitrogens with two attached hydrogens (primary N) is 1. The van der Waals surface area contributed by atoms with E-state index in [4.69, 9.17) is 5.73 Å². The quantitative estimate of drug-likeness (QED) is 0.679. The first kappa shape index (κ1) is 15.4. The number of carbonyl (C=O) groups is 1. The van der Waals surface area contributed by atoms with Crippen molar-refractivity contribution in [2.75, 3.05) is 20.1 Å². The molecule has 3 N–H and O–H groups in total. The van der Waals surface area contributed by atoms with Gasteiger partial charge in [-0.2, -0.15) is 0 Å². The fourth-order valence-corrected chi connectivity index (χ4v) is 1.24. The van der Waals surface area contributed by atoms with Crippen molar-refractivity contribution in [2.45, 2.75) is 46.2 Å². The van der Waals surface area contributed by atoms with Gasteiger partial charge >= 0.3 is 0 Å². The van der Waals surface area contributed by atoms with E-state index in [0.29, 0.717) is 12.6 Å². The van der Waals surface area contributed by atoms with E-state index >= 15 is 0 Å². The van der Waals surface area contributed by atoms with E-state index in [1.165, 1.54) is 0 Å². The highest BCUT2D eigenvalue weighted by Crippen LogP contribution is 2.04. The predicted octanol–water partition coefficient (Wildman–Crippen LogP) is 0.816. The van der Waals surface area contributed by atoms with E-state index in [2.05, 4.69) is 24.1 Å². The van der Waals surface area contributed by atoms with Gasteiger partial charge in [-0.25, -0.2) is 0 Å². The second-order valence-electron chi connectivity index (χ2n) is 4.78. The molecule has 0 rings (SSSR count). The normalized spacial score (nSPS) is 15.2. The van der Waals surface area contributed by atoms with Gasteiger partial charge in [0.05, 0.1) is 6.04 Å². The third-order valence-corrected chi connectivity index (χ3v) is 3.21. The van der Waals surface area contributed by atoms with Crippen molar-refractivity contribution in [3.8, 4) is 0 Å². The summed E-state index contributed by atoms with van der Waals surface area (Å²) in [5.74, 6) is 0.203. The van der Waals surface area contributed by atoms with E-state index in [1.54, 1.807) is 0 Å². The lowest BCUT2D eigenvalue weighted by Crippen LogP contribution is -2.46. The zero-order chi connectivity index (χ0) is 12.7. The summed E-state index contributed by atoms with van der Waals surface area (Å²) in [6, 6.07) is 0.120. The second kappa shape index (κ2) is 7.63. The Kier molecular flexibility index (Phi) is 7.34. The summed E-state index contributed by atoms with van der Waals surface area (Å²) < 4.78 is 0. The van der Waals surface area contributed by atoms with Crippen LogP contribution in [0.5, 0.6) is 0 Å². The maximum atomic E-state index is 11.6. The zero-order valence-corrected chi connectivity index (χ0v) is 11.3. The van der Waals surface area contributed by atoms with Gasteiger partial charge < -0.3 is 16.0 Å². The zero-order valence-electron chi connectivity index (χ0n) is 11.3. The maximum Gasteiger partial charge on any atom is 0.237 e. The van der Waals surface area contributed by atoms with Crippen LogP contribution in [0.3, 0.4) is 0 Å². The number of nitrogens with one attached hydrogen (secondary N) is 1. The molecular weight excluding hydrogens is 202 g/mol. The third kappa shape index (κ3) is 5.47. The molecule has 0 radical (unpaired) electrons. The van der Waals surface area contributed by atoms with Crippen LogP contribution in [0.1, 0.15) is 34.1 Å². The lowest BCUT2D eigenvalue weighted by atomic mass is 9.99. The first-order valence-electron chi connectivity index (χ1n) is 6.13. The average Bonchev–Trinajstić information content (AvgIpc) is 2.26. The molecule has 4 nitrogen and oxygen atoms in total. The van der Waals surface area contributed by atoms with Gasteiger partial charge in [0.1, 0.15) is 0 Å². The molecule has 0 saturated heterocycles. The molecule has 0 fully saturated rings. The van der Waals surface area contributed by atoms with Crippen LogP contribution in [-0.4, -0.2) is 43.0 Å². The molecule has 0 saturated carbocycles. The molecule has 0 aromatic rings. The van der Waals surface area contributed by atoms with Crippen molar-refractivity contribution in [3.63, 3.8) is 0 Å². The van der Waals surface area contributed by atoms with Crippen LogP contribution in [-0.2, 0) is 4.79 Å². The summed E-state index contributed by atoms with van der Waals surface area (Å²) in [7, 11) is 2.05. The minimum atomic E-state index is -0.380. The topological polar surface area (TPSA) is 58.4 Å². The Morgan fingerprint density at radius 1 is 1.38 bits per heavy atom. The van der Waals surface area contributed by atoms with Gasteiger partial charge in [0, 0.05) is 19.1 Å². The Hall–Kier alpha value is -0.610. The maximum absolute atomic E-state index is 11.6. The SMILES string of the molecule is CC[C@H](C)[C@H](N)C(=O)NCCN(C)C(C)C. The van der Waals surface area contributed by atoms with Crippen LogP contribution in [0.15, 0.2) is 0 Å². The number of likely N-dealkylation sites (N-methyl/N-ethyl adjacent to an activating group) is 1. The largest absolute Gasteiger partial charge is 0.353 e. The Bertz CT molecular complexity index is 206. The fraction of sp³-hybridized carbons (Fsp3) is 0.917. The van der Waals surface area contributed by atoms with Crippen LogP contribution >= 0.6 is 0 Å². The van der Waals surface area contributed by atoms with Crippen LogP contribution in [0.25, 0.3) is 0 Å². The van der Waals surface area contributed by atoms with Crippen molar-refractivity contribution in [1.29, 1.82) is 0 Å². The lowest BCUT2D eigenvalue weighted by Gasteiger charge is -2.22. The highest BCUT2D eigenvalue weighted by molar-refractivity contribution is 5.81. The number of amides is 1. The van der Waals surface area contributed by atoms with Crippen molar-refractivity contribution >= 4 is 5.91 Å². The summed E-state index contributed by atoms with van der Waals surface area (Å²) in [6.45, 7) is 9.84. The van der Waals surface area contributed by atoms with Crippen molar-refractivity contribution < 1.29 is 4.79 Å². The van der Waals surface area contributed by atoms with Crippen LogP contribution in [0.2, 0.25) is 0 Å². The smallest absolute Gasteiger partial charge is 0.237 e. The van der Waals surface area contributed by atoms with E-state index < -0.39 is 0 Å². The molecule has 1 amide bonds. The van der Waals surface area contributed by atoms with Crippen LogP contribution < -0.4 is 11.1 Å². The van der Waals surface area contributed by atoms with Gasteiger partial charge in [0.25, 0.3) is 0 Å². The Balaban J connectivity index is 3.81. The molecule has 0 heterocycles. The molecule has 0 aliphatic carbocycles. The summed E-state index contributed by atoms with van der Waals surface area (Å²) in [5.41, 5.74) is 5.82. The Morgan fingerprint density at radius 2 is 1.94 bits per heavy atom. The molecule has 0 aliphatic rings. The summed E-state index contributed by atoms with van der Waals surface area (Å²) in [6.07, 6.45) is 0.931. The summed E-state index contributed by atoms with van der Waals surface area (Å²) in [5, 5.41) is 2.88. The van der Waals surface area contributed by atoms with Crippen molar-refractivity contribution in [2.24, 2.45) is 11.7 Å². The number of nitrogens with zero attached hydrogens (tertiary/aromatic N) is 1.